The lowest BCUT2D eigenvalue weighted by molar-refractivity contribution is -0.202. The standard InChI is InChI=1S/C26H44O7/c1-6-7-8-9-20(29)33-21-15-10-11-16-24(5,31)17-12-18(27)22(2,3)26(17,32)19(28)13-25(16,21)14-23(15,4)30/h15-19,21,27-28,30-32H,6-14H2,1-5H3/t15-,16-,17-,18-,19+,21?,23+,24+,25?,26-/m0/s1. The molecule has 10 atom stereocenters. The fourth-order valence-electron chi connectivity index (χ4n) is 8.68. The predicted octanol–water partition coefficient (Wildman–Crippen LogP) is 2.30. The van der Waals surface area contributed by atoms with Crippen LogP contribution in [0.1, 0.15) is 92.4 Å². The number of unbranched alkanes of at least 4 members (excludes halogenated alkanes) is 2. The second-order valence-electron chi connectivity index (χ2n) is 12.7. The molecule has 2 bridgehead atoms. The minimum atomic E-state index is -1.71. The van der Waals surface area contributed by atoms with E-state index in [9.17, 15) is 30.3 Å². The zero-order valence-corrected chi connectivity index (χ0v) is 20.9. The summed E-state index contributed by atoms with van der Waals surface area (Å²) in [5.41, 5.74) is -6.11. The van der Waals surface area contributed by atoms with Gasteiger partial charge in [0.2, 0.25) is 0 Å². The van der Waals surface area contributed by atoms with Gasteiger partial charge in [-0.25, -0.2) is 0 Å². The van der Waals surface area contributed by atoms with Gasteiger partial charge in [-0.05, 0) is 58.3 Å². The average molecular weight is 469 g/mol. The molecular formula is C26H44O7. The first-order valence-corrected chi connectivity index (χ1v) is 12.9. The van der Waals surface area contributed by atoms with E-state index in [0.717, 1.165) is 19.3 Å². The molecule has 4 saturated carbocycles. The molecule has 0 heterocycles. The van der Waals surface area contributed by atoms with Crippen molar-refractivity contribution in [1.29, 1.82) is 0 Å². The number of aliphatic hydroxyl groups is 5. The molecule has 0 aromatic rings. The van der Waals surface area contributed by atoms with Crippen molar-refractivity contribution in [2.45, 2.75) is 128 Å². The number of rotatable bonds is 5. The van der Waals surface area contributed by atoms with Crippen molar-refractivity contribution in [3.8, 4) is 0 Å². The molecular weight excluding hydrogens is 424 g/mol. The first kappa shape index (κ1) is 25.4. The first-order chi connectivity index (χ1) is 15.2. The molecule has 7 nitrogen and oxygen atoms in total. The number of aliphatic hydroxyl groups excluding tert-OH is 2. The number of carbonyl (C=O) groups is 1. The molecule has 0 radical (unpaired) electrons. The van der Waals surface area contributed by atoms with Crippen molar-refractivity contribution < 1.29 is 35.1 Å². The maximum Gasteiger partial charge on any atom is 0.306 e. The van der Waals surface area contributed by atoms with E-state index >= 15 is 0 Å². The lowest BCUT2D eigenvalue weighted by atomic mass is 9.57. The Balaban J connectivity index is 1.77. The van der Waals surface area contributed by atoms with E-state index in [1.54, 1.807) is 27.7 Å². The van der Waals surface area contributed by atoms with Crippen LogP contribution in [0.5, 0.6) is 0 Å². The number of hydrogen-bond donors (Lipinski definition) is 5. The Hall–Kier alpha value is -0.730. The highest BCUT2D eigenvalue weighted by Crippen LogP contribution is 2.70. The Morgan fingerprint density at radius 2 is 1.64 bits per heavy atom. The summed E-state index contributed by atoms with van der Waals surface area (Å²) in [6, 6.07) is 0. The summed E-state index contributed by atoms with van der Waals surface area (Å²) in [6.45, 7) is 9.02. The lowest BCUT2D eigenvalue weighted by Crippen LogP contribution is -2.60. The van der Waals surface area contributed by atoms with Crippen LogP contribution in [-0.2, 0) is 9.53 Å². The first-order valence-electron chi connectivity index (χ1n) is 12.9. The number of esters is 1. The van der Waals surface area contributed by atoms with Gasteiger partial charge in [-0.3, -0.25) is 4.79 Å². The molecule has 190 valence electrons. The Morgan fingerprint density at radius 3 is 2.27 bits per heavy atom. The second-order valence-corrected chi connectivity index (χ2v) is 12.7. The van der Waals surface area contributed by atoms with Crippen LogP contribution in [0, 0.1) is 28.6 Å². The van der Waals surface area contributed by atoms with Crippen LogP contribution in [0.2, 0.25) is 0 Å². The van der Waals surface area contributed by atoms with Crippen LogP contribution < -0.4 is 0 Å². The Bertz CT molecular complexity index is 777. The monoisotopic (exact) mass is 468 g/mol. The van der Waals surface area contributed by atoms with Crippen LogP contribution in [0.3, 0.4) is 0 Å². The van der Waals surface area contributed by atoms with Crippen LogP contribution in [0.15, 0.2) is 0 Å². The third-order valence-corrected chi connectivity index (χ3v) is 10.5. The molecule has 0 aromatic carbocycles. The van der Waals surface area contributed by atoms with E-state index in [2.05, 4.69) is 6.92 Å². The third-order valence-electron chi connectivity index (χ3n) is 10.5. The molecule has 4 fully saturated rings. The Labute approximate surface area is 197 Å². The molecule has 4 aliphatic carbocycles. The van der Waals surface area contributed by atoms with Crippen molar-refractivity contribution >= 4 is 5.97 Å². The molecule has 5 N–H and O–H groups in total. The average Bonchev–Trinajstić information content (AvgIpc) is 2.93. The van der Waals surface area contributed by atoms with E-state index in [1.807, 2.05) is 0 Å². The number of fused-ring (bicyclic) bond motifs is 2. The molecule has 33 heavy (non-hydrogen) atoms. The highest BCUT2D eigenvalue weighted by molar-refractivity contribution is 5.69. The molecule has 4 rings (SSSR count). The minimum absolute atomic E-state index is 0.108. The summed E-state index contributed by atoms with van der Waals surface area (Å²) in [6.07, 6.45) is 2.04. The van der Waals surface area contributed by atoms with E-state index in [1.165, 1.54) is 0 Å². The van der Waals surface area contributed by atoms with Crippen molar-refractivity contribution in [3.05, 3.63) is 0 Å². The zero-order chi connectivity index (χ0) is 24.6. The van der Waals surface area contributed by atoms with Gasteiger partial charge in [-0.2, -0.15) is 0 Å². The third kappa shape index (κ3) is 3.36. The van der Waals surface area contributed by atoms with E-state index in [4.69, 9.17) is 4.74 Å². The summed E-state index contributed by atoms with van der Waals surface area (Å²) < 4.78 is 6.09. The zero-order valence-electron chi connectivity index (χ0n) is 20.9. The van der Waals surface area contributed by atoms with Crippen molar-refractivity contribution in [3.63, 3.8) is 0 Å². The van der Waals surface area contributed by atoms with Crippen LogP contribution in [0.25, 0.3) is 0 Å². The maximum absolute atomic E-state index is 12.8. The largest absolute Gasteiger partial charge is 0.461 e. The van der Waals surface area contributed by atoms with Crippen molar-refractivity contribution in [2.24, 2.45) is 28.6 Å². The van der Waals surface area contributed by atoms with Gasteiger partial charge in [-0.1, -0.05) is 33.6 Å². The number of hydrogen-bond acceptors (Lipinski definition) is 7. The summed E-state index contributed by atoms with van der Waals surface area (Å²) in [4.78, 5) is 12.8. The molecule has 0 amide bonds. The lowest BCUT2D eigenvalue weighted by Gasteiger charge is -2.52. The fraction of sp³-hybridized carbons (Fsp3) is 0.962. The molecule has 0 aliphatic heterocycles. The quantitative estimate of drug-likeness (QED) is 0.309. The molecule has 4 aliphatic rings. The highest BCUT2D eigenvalue weighted by atomic mass is 16.5. The summed E-state index contributed by atoms with van der Waals surface area (Å²) in [5, 5.41) is 57.8. The van der Waals surface area contributed by atoms with Gasteiger partial charge in [0.1, 0.15) is 11.7 Å². The fourth-order valence-corrected chi connectivity index (χ4v) is 8.68. The van der Waals surface area contributed by atoms with Gasteiger partial charge in [-0.15, -0.1) is 0 Å². The Kier molecular flexibility index (Phi) is 6.06. The van der Waals surface area contributed by atoms with Crippen molar-refractivity contribution in [2.75, 3.05) is 0 Å². The van der Waals surface area contributed by atoms with E-state index in [-0.39, 0.29) is 24.7 Å². The highest BCUT2D eigenvalue weighted by Gasteiger charge is 2.77. The molecule has 0 saturated heterocycles. The maximum atomic E-state index is 12.8. The minimum Gasteiger partial charge on any atom is -0.461 e. The SMILES string of the molecule is CCCCCC(=O)OC1[C@@H]2CC[C@@H]3C1(C[C@@H](O)[C@@]1(O)[C@@H](C[C@H](O)C1(C)C)[C@]3(C)O)C[C@@]2(C)O. The summed E-state index contributed by atoms with van der Waals surface area (Å²) >= 11 is 0. The summed E-state index contributed by atoms with van der Waals surface area (Å²) in [7, 11) is 0. The number of carbonyl (C=O) groups excluding carboxylic acids is 1. The van der Waals surface area contributed by atoms with Gasteiger partial charge in [0.25, 0.3) is 0 Å². The van der Waals surface area contributed by atoms with E-state index in [0.29, 0.717) is 25.7 Å². The van der Waals surface area contributed by atoms with Crippen LogP contribution >= 0.6 is 0 Å². The predicted molar refractivity (Wildman–Crippen MR) is 122 cm³/mol. The summed E-state index contributed by atoms with van der Waals surface area (Å²) in [5.74, 6) is -1.71. The smallest absolute Gasteiger partial charge is 0.306 e. The molecule has 1 spiro atoms. The van der Waals surface area contributed by atoms with Gasteiger partial charge < -0.3 is 30.3 Å². The van der Waals surface area contributed by atoms with Crippen LogP contribution in [-0.4, -0.2) is 66.6 Å². The van der Waals surface area contributed by atoms with Gasteiger partial charge >= 0.3 is 5.97 Å². The van der Waals surface area contributed by atoms with Gasteiger partial charge in [0.05, 0.1) is 23.4 Å². The van der Waals surface area contributed by atoms with Gasteiger partial charge in [0.15, 0.2) is 0 Å². The number of ether oxygens (including phenoxy) is 1. The molecule has 0 aromatic heterocycles. The van der Waals surface area contributed by atoms with E-state index < -0.39 is 57.8 Å². The van der Waals surface area contributed by atoms with Crippen LogP contribution in [0.4, 0.5) is 0 Å². The van der Waals surface area contributed by atoms with Gasteiger partial charge in [0, 0.05) is 29.1 Å². The molecule has 7 heteroatoms. The molecule has 2 unspecified atom stereocenters. The topological polar surface area (TPSA) is 127 Å². The van der Waals surface area contributed by atoms with Crippen molar-refractivity contribution in [1.82, 2.24) is 0 Å². The second kappa shape index (κ2) is 7.89. The normalized spacial score (nSPS) is 52.7. The Morgan fingerprint density at radius 1 is 0.970 bits per heavy atom.